The molecule has 7 heteroatoms. The minimum absolute atomic E-state index is 0.0426. The molecule has 0 unspecified atom stereocenters. The van der Waals surface area contributed by atoms with Crippen LogP contribution in [-0.2, 0) is 6.42 Å². The van der Waals surface area contributed by atoms with E-state index in [0.717, 1.165) is 10.0 Å². The summed E-state index contributed by atoms with van der Waals surface area (Å²) in [4.78, 5) is 17.6. The number of nitrogens with zero attached hydrogens (tertiary/aromatic N) is 3. The predicted molar refractivity (Wildman–Crippen MR) is 124 cm³/mol. The number of methoxy groups -OCH3 is 1. The normalized spacial score (nSPS) is 11.9. The Morgan fingerprint density at radius 3 is 2.60 bits per heavy atom. The van der Waals surface area contributed by atoms with E-state index < -0.39 is 0 Å². The fourth-order valence-electron chi connectivity index (χ4n) is 2.85. The number of hydrogen-bond acceptors (Lipinski definition) is 5. The molecule has 0 saturated heterocycles. The molecule has 0 amide bonds. The van der Waals surface area contributed by atoms with Gasteiger partial charge in [0, 0.05) is 10.9 Å². The van der Waals surface area contributed by atoms with Gasteiger partial charge in [-0.3, -0.25) is 4.79 Å². The Kier molecular flexibility index (Phi) is 6.61. The first-order valence-electron chi connectivity index (χ1n) is 9.78. The Morgan fingerprint density at radius 1 is 1.17 bits per heavy atom. The van der Waals surface area contributed by atoms with Gasteiger partial charge in [0.25, 0.3) is 5.56 Å². The van der Waals surface area contributed by atoms with Crippen molar-refractivity contribution in [1.82, 2.24) is 9.66 Å². The van der Waals surface area contributed by atoms with Crippen LogP contribution in [0.3, 0.4) is 0 Å². The lowest BCUT2D eigenvalue weighted by Gasteiger charge is -2.20. The van der Waals surface area contributed by atoms with Crippen LogP contribution in [-0.4, -0.2) is 29.6 Å². The zero-order chi connectivity index (χ0) is 21.9. The van der Waals surface area contributed by atoms with Gasteiger partial charge >= 0.3 is 0 Å². The number of aryl methyl sites for hydroxylation is 1. The van der Waals surface area contributed by atoms with Crippen LogP contribution < -0.4 is 15.0 Å². The minimum atomic E-state index is -0.202. The zero-order valence-electron chi connectivity index (χ0n) is 17.9. The number of hydrogen-bond donors (Lipinski definition) is 0. The molecular weight excluding hydrogens is 446 g/mol. The molecular formula is C23H26BrN3O3. The van der Waals surface area contributed by atoms with Gasteiger partial charge in [-0.15, -0.1) is 0 Å². The van der Waals surface area contributed by atoms with Gasteiger partial charge in [-0.25, -0.2) is 4.98 Å². The van der Waals surface area contributed by atoms with Gasteiger partial charge in [0.05, 0.1) is 30.8 Å². The highest BCUT2D eigenvalue weighted by molar-refractivity contribution is 9.10. The largest absolute Gasteiger partial charge is 0.493 e. The van der Waals surface area contributed by atoms with E-state index in [9.17, 15) is 4.79 Å². The molecule has 158 valence electrons. The average molecular weight is 472 g/mol. The molecule has 0 radical (unpaired) electrons. The van der Waals surface area contributed by atoms with Crippen molar-refractivity contribution in [3.05, 3.63) is 62.6 Å². The number of ether oxygens (including phenoxy) is 2. The Labute approximate surface area is 184 Å². The Morgan fingerprint density at radius 2 is 1.93 bits per heavy atom. The Bertz CT molecular complexity index is 1150. The van der Waals surface area contributed by atoms with Crippen molar-refractivity contribution in [1.29, 1.82) is 0 Å². The van der Waals surface area contributed by atoms with E-state index >= 15 is 0 Å². The maximum atomic E-state index is 13.0. The fraction of sp³-hybridized carbons (Fsp3) is 0.348. The van der Waals surface area contributed by atoms with Gasteiger partial charge in [-0.05, 0) is 47.4 Å². The average Bonchev–Trinajstić information content (AvgIpc) is 2.71. The summed E-state index contributed by atoms with van der Waals surface area (Å²) in [5.41, 5.74) is 1.29. The van der Waals surface area contributed by atoms with Gasteiger partial charge in [0.15, 0.2) is 11.5 Å². The van der Waals surface area contributed by atoms with Gasteiger partial charge in [0.2, 0.25) is 0 Å². The van der Waals surface area contributed by atoms with Crippen LogP contribution in [0.25, 0.3) is 10.9 Å². The highest BCUT2D eigenvalue weighted by Crippen LogP contribution is 2.29. The number of rotatable bonds is 6. The lowest BCUT2D eigenvalue weighted by Crippen LogP contribution is -2.22. The van der Waals surface area contributed by atoms with Crippen molar-refractivity contribution in [2.45, 2.75) is 34.1 Å². The highest BCUT2D eigenvalue weighted by atomic mass is 79.9. The summed E-state index contributed by atoms with van der Waals surface area (Å²) in [5.74, 6) is 1.89. The first kappa shape index (κ1) is 22.0. The molecule has 0 saturated carbocycles. The SMILES string of the molecule is CCc1nc2ccc(Br)cc2c(=O)n1N=Cc1ccc(OCC(C)(C)C)c(OC)c1. The smallest absolute Gasteiger partial charge is 0.282 e. The molecule has 2 aromatic carbocycles. The first-order valence-corrected chi connectivity index (χ1v) is 10.6. The quantitative estimate of drug-likeness (QED) is 0.472. The van der Waals surface area contributed by atoms with E-state index in [-0.39, 0.29) is 11.0 Å². The van der Waals surface area contributed by atoms with Crippen LogP contribution in [0.4, 0.5) is 0 Å². The van der Waals surface area contributed by atoms with Gasteiger partial charge in [-0.1, -0.05) is 43.6 Å². The van der Waals surface area contributed by atoms with Crippen LogP contribution in [0.5, 0.6) is 11.5 Å². The van der Waals surface area contributed by atoms with E-state index in [1.54, 1.807) is 19.4 Å². The lowest BCUT2D eigenvalue weighted by molar-refractivity contribution is 0.191. The molecule has 0 atom stereocenters. The van der Waals surface area contributed by atoms with E-state index in [1.165, 1.54) is 4.68 Å². The highest BCUT2D eigenvalue weighted by Gasteiger charge is 2.14. The van der Waals surface area contributed by atoms with Crippen LogP contribution in [0.2, 0.25) is 0 Å². The minimum Gasteiger partial charge on any atom is -0.493 e. The second-order valence-corrected chi connectivity index (χ2v) is 9.08. The third-order valence-electron chi connectivity index (χ3n) is 4.36. The maximum absolute atomic E-state index is 13.0. The molecule has 0 fully saturated rings. The van der Waals surface area contributed by atoms with Crippen molar-refractivity contribution < 1.29 is 9.47 Å². The molecule has 0 spiro atoms. The van der Waals surface area contributed by atoms with E-state index in [0.29, 0.717) is 41.3 Å². The molecule has 1 aromatic heterocycles. The molecule has 30 heavy (non-hydrogen) atoms. The summed E-state index contributed by atoms with van der Waals surface area (Å²) in [6.45, 7) is 8.85. The third-order valence-corrected chi connectivity index (χ3v) is 4.86. The Hall–Kier alpha value is -2.67. The number of halogens is 1. The Balaban J connectivity index is 1.96. The molecule has 0 aliphatic rings. The zero-order valence-corrected chi connectivity index (χ0v) is 19.5. The molecule has 0 aliphatic heterocycles. The topological polar surface area (TPSA) is 65.7 Å². The van der Waals surface area contributed by atoms with Crippen molar-refractivity contribution >= 4 is 33.0 Å². The first-order chi connectivity index (χ1) is 14.2. The van der Waals surface area contributed by atoms with Crippen LogP contribution in [0, 0.1) is 5.41 Å². The lowest BCUT2D eigenvalue weighted by atomic mass is 9.99. The number of benzene rings is 2. The second-order valence-electron chi connectivity index (χ2n) is 8.16. The molecule has 0 bridgehead atoms. The summed E-state index contributed by atoms with van der Waals surface area (Å²) in [7, 11) is 1.60. The molecule has 6 nitrogen and oxygen atoms in total. The molecule has 0 N–H and O–H groups in total. The number of aromatic nitrogens is 2. The summed E-state index contributed by atoms with van der Waals surface area (Å²) >= 11 is 3.41. The van der Waals surface area contributed by atoms with Gasteiger partial charge in [0.1, 0.15) is 5.82 Å². The second kappa shape index (κ2) is 9.00. The summed E-state index contributed by atoms with van der Waals surface area (Å²) in [6, 6.07) is 11.0. The van der Waals surface area contributed by atoms with E-state index in [1.807, 2.05) is 37.3 Å². The number of fused-ring (bicyclic) bond motifs is 1. The third kappa shape index (κ3) is 5.08. The van der Waals surface area contributed by atoms with Crippen molar-refractivity contribution in [2.75, 3.05) is 13.7 Å². The van der Waals surface area contributed by atoms with Crippen LogP contribution in [0.1, 0.15) is 39.1 Å². The van der Waals surface area contributed by atoms with Crippen LogP contribution >= 0.6 is 15.9 Å². The van der Waals surface area contributed by atoms with Crippen molar-refractivity contribution in [3.63, 3.8) is 0 Å². The fourth-order valence-corrected chi connectivity index (χ4v) is 3.21. The standard InChI is InChI=1S/C23H26BrN3O3/c1-6-21-26-18-9-8-16(24)12-17(18)22(28)27(21)25-13-15-7-10-19(20(11-15)29-5)30-14-23(2,3)4/h7-13H,6,14H2,1-5H3. The molecule has 3 aromatic rings. The maximum Gasteiger partial charge on any atom is 0.282 e. The molecule has 0 aliphatic carbocycles. The molecule has 3 rings (SSSR count). The predicted octanol–water partition coefficient (Wildman–Crippen LogP) is 5.04. The monoisotopic (exact) mass is 471 g/mol. The van der Waals surface area contributed by atoms with Gasteiger partial charge < -0.3 is 9.47 Å². The summed E-state index contributed by atoms with van der Waals surface area (Å²) in [6.07, 6.45) is 2.21. The van der Waals surface area contributed by atoms with Gasteiger partial charge in [-0.2, -0.15) is 9.78 Å². The van der Waals surface area contributed by atoms with Crippen molar-refractivity contribution in [3.8, 4) is 11.5 Å². The summed E-state index contributed by atoms with van der Waals surface area (Å²) in [5, 5.41) is 4.94. The van der Waals surface area contributed by atoms with Crippen molar-refractivity contribution in [2.24, 2.45) is 10.5 Å². The van der Waals surface area contributed by atoms with E-state index in [4.69, 9.17) is 9.47 Å². The summed E-state index contributed by atoms with van der Waals surface area (Å²) < 4.78 is 13.5. The molecule has 1 heterocycles. The van der Waals surface area contributed by atoms with E-state index in [2.05, 4.69) is 46.8 Å². The van der Waals surface area contributed by atoms with Crippen LogP contribution in [0.15, 0.2) is 50.8 Å².